The minimum Gasteiger partial charge on any atom is -0.477 e. The Labute approximate surface area is 317 Å². The Kier molecular flexibility index (Phi) is 11.2. The Bertz CT molecular complexity index is 1990. The monoisotopic (exact) mass is 735 g/mol. The molecule has 0 spiro atoms. The SMILES string of the molecule is Cc1cccc(CC2CCCCC2)c1-c1nc2nc(c1C)OC[C@@H](CC(C)(C)C)C(Cc1ncc(C3CCCCC3)cn1)c1cccc(c1)S(=O)(=O)N2. The first-order valence-corrected chi connectivity index (χ1v) is 21.5. The molecule has 9 heteroatoms. The van der Waals surface area contributed by atoms with Gasteiger partial charge in [-0.15, -0.1) is 0 Å². The highest BCUT2D eigenvalue weighted by molar-refractivity contribution is 7.92. The number of hydrogen-bond donors (Lipinski definition) is 1. The van der Waals surface area contributed by atoms with Crippen LogP contribution in [0.4, 0.5) is 5.95 Å². The van der Waals surface area contributed by atoms with Gasteiger partial charge in [-0.2, -0.15) is 4.98 Å². The van der Waals surface area contributed by atoms with Crippen LogP contribution in [0.3, 0.4) is 0 Å². The third-order valence-corrected chi connectivity index (χ3v) is 13.2. The molecule has 2 aromatic carbocycles. The first-order valence-electron chi connectivity index (χ1n) is 20.0. The van der Waals surface area contributed by atoms with E-state index in [0.717, 1.165) is 46.6 Å². The maximum Gasteiger partial charge on any atom is 0.264 e. The van der Waals surface area contributed by atoms with Gasteiger partial charge in [-0.05, 0) is 97.1 Å². The van der Waals surface area contributed by atoms with Gasteiger partial charge >= 0.3 is 0 Å². The third-order valence-electron chi connectivity index (χ3n) is 11.8. The molecular weight excluding hydrogens is 679 g/mol. The number of rotatable bonds is 7. The fourth-order valence-corrected chi connectivity index (χ4v) is 10.1. The van der Waals surface area contributed by atoms with Crippen LogP contribution in [-0.2, 0) is 22.9 Å². The van der Waals surface area contributed by atoms with E-state index < -0.39 is 10.0 Å². The molecule has 7 rings (SSSR count). The average molecular weight is 736 g/mol. The highest BCUT2D eigenvalue weighted by atomic mass is 32.2. The first-order chi connectivity index (χ1) is 25.4. The molecule has 4 aromatic rings. The van der Waals surface area contributed by atoms with Gasteiger partial charge in [-0.1, -0.05) is 102 Å². The second kappa shape index (κ2) is 15.9. The minimum atomic E-state index is -4.03. The summed E-state index contributed by atoms with van der Waals surface area (Å²) in [5.41, 5.74) is 7.07. The van der Waals surface area contributed by atoms with Gasteiger partial charge in [-0.3, -0.25) is 0 Å². The molecule has 2 fully saturated rings. The molecule has 1 unspecified atom stereocenters. The smallest absolute Gasteiger partial charge is 0.264 e. The zero-order chi connectivity index (χ0) is 37.2. The van der Waals surface area contributed by atoms with E-state index in [1.54, 1.807) is 12.1 Å². The van der Waals surface area contributed by atoms with E-state index >= 15 is 0 Å². The molecule has 0 saturated heterocycles. The zero-order valence-corrected chi connectivity index (χ0v) is 33.1. The molecule has 2 saturated carbocycles. The van der Waals surface area contributed by atoms with Crippen LogP contribution in [0.25, 0.3) is 11.3 Å². The highest BCUT2D eigenvalue weighted by Gasteiger charge is 2.32. The number of aryl methyl sites for hydroxylation is 1. The number of sulfonamides is 1. The average Bonchev–Trinajstić information content (AvgIpc) is 3.14. The molecule has 3 heterocycles. The Hall–Kier alpha value is -3.85. The molecule has 282 valence electrons. The Morgan fingerprint density at radius 2 is 1.53 bits per heavy atom. The maximum atomic E-state index is 14.1. The molecule has 1 N–H and O–H groups in total. The fraction of sp³-hybridized carbons (Fsp3) is 0.545. The van der Waals surface area contributed by atoms with Crippen LogP contribution in [-0.4, -0.2) is 35.0 Å². The second-order valence-corrected chi connectivity index (χ2v) is 18.9. The van der Waals surface area contributed by atoms with Gasteiger partial charge < -0.3 is 4.74 Å². The molecule has 3 aliphatic rings. The van der Waals surface area contributed by atoms with E-state index in [4.69, 9.17) is 24.7 Å². The lowest BCUT2D eigenvalue weighted by Gasteiger charge is -2.33. The standard InChI is InChI=1S/C44H57N5O3S/c1-29-14-12-20-34(22-31-15-8-6-9-16-31)40(29)41-30(2)42-48-43(47-41)49-53(50,51)37-21-13-19-33(23-37)38(35(28-52-42)25-44(3,4)5)24-39-45-26-36(27-46-39)32-17-10-7-11-18-32/h12-14,19-21,23,26-27,31-32,35,38H,6-11,15-18,22,24-25,28H2,1-5H3,(H,47,48,49)/t35-,38?/m1/s1. The summed E-state index contributed by atoms with van der Waals surface area (Å²) in [4.78, 5) is 19.7. The number of hydrogen-bond acceptors (Lipinski definition) is 7. The predicted octanol–water partition coefficient (Wildman–Crippen LogP) is 10.3. The summed E-state index contributed by atoms with van der Waals surface area (Å²) in [6.07, 6.45) is 19.0. The van der Waals surface area contributed by atoms with Gasteiger partial charge in [0.1, 0.15) is 5.82 Å². The fourth-order valence-electron chi connectivity index (χ4n) is 9.12. The van der Waals surface area contributed by atoms with Crippen molar-refractivity contribution in [2.75, 3.05) is 11.3 Å². The Morgan fingerprint density at radius 1 is 0.830 bits per heavy atom. The summed E-state index contributed by atoms with van der Waals surface area (Å²) in [5, 5.41) is 0. The van der Waals surface area contributed by atoms with E-state index in [9.17, 15) is 8.42 Å². The lowest BCUT2D eigenvalue weighted by Crippen LogP contribution is -2.28. The maximum absolute atomic E-state index is 14.1. The predicted molar refractivity (Wildman–Crippen MR) is 212 cm³/mol. The number of anilines is 1. The molecule has 0 amide bonds. The summed E-state index contributed by atoms with van der Waals surface area (Å²) < 4.78 is 37.8. The minimum absolute atomic E-state index is 0.0172. The lowest BCUT2D eigenvalue weighted by molar-refractivity contribution is 0.165. The first kappa shape index (κ1) is 37.5. The van der Waals surface area contributed by atoms with E-state index in [1.165, 1.54) is 75.3 Å². The summed E-state index contributed by atoms with van der Waals surface area (Å²) in [6, 6.07) is 13.8. The van der Waals surface area contributed by atoms with Gasteiger partial charge in [0, 0.05) is 35.9 Å². The molecular formula is C44H57N5O3S. The van der Waals surface area contributed by atoms with E-state index in [-0.39, 0.29) is 28.1 Å². The van der Waals surface area contributed by atoms with E-state index in [1.807, 2.05) is 31.5 Å². The normalized spacial score (nSPS) is 21.2. The molecule has 2 aromatic heterocycles. The molecule has 8 nitrogen and oxygen atoms in total. The zero-order valence-electron chi connectivity index (χ0n) is 32.3. The van der Waals surface area contributed by atoms with E-state index in [0.29, 0.717) is 30.7 Å². The third kappa shape index (κ3) is 8.93. The van der Waals surface area contributed by atoms with Crippen LogP contribution in [0.5, 0.6) is 5.88 Å². The van der Waals surface area contributed by atoms with Gasteiger partial charge in [0.05, 0.1) is 17.2 Å². The lowest BCUT2D eigenvalue weighted by atomic mass is 9.75. The Balaban J connectivity index is 1.29. The van der Waals surface area contributed by atoms with Crippen LogP contribution in [0, 0.1) is 31.1 Å². The van der Waals surface area contributed by atoms with Crippen molar-refractivity contribution < 1.29 is 13.2 Å². The number of fused-ring (bicyclic) bond motifs is 4. The molecule has 2 aliphatic carbocycles. The summed E-state index contributed by atoms with van der Waals surface area (Å²) in [6.45, 7) is 11.3. The van der Waals surface area contributed by atoms with Crippen molar-refractivity contribution in [1.29, 1.82) is 0 Å². The number of nitrogens with zero attached hydrogens (tertiary/aromatic N) is 4. The topological polar surface area (TPSA) is 107 Å². The van der Waals surface area contributed by atoms with Crippen molar-refractivity contribution in [2.45, 2.75) is 135 Å². The number of ether oxygens (including phenoxy) is 1. The molecule has 0 radical (unpaired) electrons. The highest BCUT2D eigenvalue weighted by Crippen LogP contribution is 2.41. The largest absolute Gasteiger partial charge is 0.477 e. The van der Waals surface area contributed by atoms with Crippen LogP contribution in [0.1, 0.15) is 137 Å². The van der Waals surface area contributed by atoms with Crippen molar-refractivity contribution in [1.82, 2.24) is 19.9 Å². The number of nitrogens with one attached hydrogen (secondary N) is 1. The van der Waals surface area contributed by atoms with Crippen LogP contribution in [0.2, 0.25) is 0 Å². The van der Waals surface area contributed by atoms with Gasteiger partial charge in [0.2, 0.25) is 11.8 Å². The van der Waals surface area contributed by atoms with Crippen molar-refractivity contribution in [3.05, 3.63) is 88.5 Å². The number of benzene rings is 2. The van der Waals surface area contributed by atoms with Crippen LogP contribution in [0.15, 0.2) is 59.8 Å². The quantitative estimate of drug-likeness (QED) is 0.201. The van der Waals surface area contributed by atoms with Gasteiger partial charge in [0.15, 0.2) is 0 Å². The van der Waals surface area contributed by atoms with Gasteiger partial charge in [-0.25, -0.2) is 28.1 Å². The summed E-state index contributed by atoms with van der Waals surface area (Å²) >= 11 is 0. The summed E-state index contributed by atoms with van der Waals surface area (Å²) in [5.74, 6) is 2.29. The van der Waals surface area contributed by atoms with Crippen LogP contribution >= 0.6 is 0 Å². The van der Waals surface area contributed by atoms with Crippen molar-refractivity contribution in [3.63, 3.8) is 0 Å². The number of aromatic nitrogens is 4. The van der Waals surface area contributed by atoms with E-state index in [2.05, 4.69) is 50.6 Å². The second-order valence-electron chi connectivity index (χ2n) is 17.2. The van der Waals surface area contributed by atoms with Gasteiger partial charge in [0.25, 0.3) is 10.0 Å². The Morgan fingerprint density at radius 3 is 2.25 bits per heavy atom. The molecule has 53 heavy (non-hydrogen) atoms. The van der Waals surface area contributed by atoms with Crippen LogP contribution < -0.4 is 9.46 Å². The van der Waals surface area contributed by atoms with Crippen molar-refractivity contribution in [2.24, 2.45) is 17.3 Å². The van der Waals surface area contributed by atoms with Crippen molar-refractivity contribution in [3.8, 4) is 17.1 Å². The molecule has 1 aliphatic heterocycles. The summed E-state index contributed by atoms with van der Waals surface area (Å²) in [7, 11) is -4.03. The molecule has 4 bridgehead atoms. The molecule has 2 atom stereocenters. The van der Waals surface area contributed by atoms with Crippen molar-refractivity contribution >= 4 is 16.0 Å².